The molecule has 4 aromatic rings. The van der Waals surface area contributed by atoms with Gasteiger partial charge in [0.15, 0.2) is 9.43 Å². The standard InChI is InChI=1S/C20H11NO2S3/c22-19-13-5-1-3-7-15(13)24-17(19)11-12-9-10-18(23-12)26-20-21-14-6-2-4-8-16(14)25-20/h1-11H/b17-11-. The van der Waals surface area contributed by atoms with Crippen LogP contribution in [0.2, 0.25) is 0 Å². The topological polar surface area (TPSA) is 43.1 Å². The first-order valence-electron chi connectivity index (χ1n) is 7.93. The highest BCUT2D eigenvalue weighted by Crippen LogP contribution is 2.41. The van der Waals surface area contributed by atoms with E-state index < -0.39 is 0 Å². The van der Waals surface area contributed by atoms with Crippen LogP contribution in [0.15, 0.2) is 84.3 Å². The molecule has 26 heavy (non-hydrogen) atoms. The first-order valence-corrected chi connectivity index (χ1v) is 10.4. The molecular weight excluding hydrogens is 382 g/mol. The van der Waals surface area contributed by atoms with Crippen molar-refractivity contribution in [3.8, 4) is 0 Å². The van der Waals surface area contributed by atoms with Crippen LogP contribution in [0.4, 0.5) is 0 Å². The van der Waals surface area contributed by atoms with Crippen LogP contribution >= 0.6 is 34.9 Å². The van der Waals surface area contributed by atoms with E-state index in [4.69, 9.17) is 4.42 Å². The number of thiazole rings is 1. The Balaban J connectivity index is 1.38. The predicted octanol–water partition coefficient (Wildman–Crippen LogP) is 6.37. The van der Waals surface area contributed by atoms with E-state index in [0.717, 1.165) is 30.1 Å². The number of Topliss-reactive ketones (excluding diaryl/α,β-unsaturated/α-hetero) is 1. The van der Waals surface area contributed by atoms with Crippen LogP contribution in [0.1, 0.15) is 16.1 Å². The third-order valence-corrected chi connectivity index (χ3v) is 7.03. The van der Waals surface area contributed by atoms with E-state index in [1.807, 2.05) is 60.7 Å². The van der Waals surface area contributed by atoms with Crippen LogP contribution in [-0.4, -0.2) is 10.8 Å². The molecule has 5 rings (SSSR count). The Hall–Kier alpha value is -2.28. The first-order chi connectivity index (χ1) is 12.8. The van der Waals surface area contributed by atoms with E-state index in [0.29, 0.717) is 10.7 Å². The van der Waals surface area contributed by atoms with Crippen LogP contribution in [-0.2, 0) is 0 Å². The van der Waals surface area contributed by atoms with Crippen molar-refractivity contribution in [3.05, 3.63) is 76.9 Å². The van der Waals surface area contributed by atoms with Crippen LogP contribution in [0.5, 0.6) is 0 Å². The molecule has 0 aliphatic carbocycles. The van der Waals surface area contributed by atoms with Gasteiger partial charge in [-0.05, 0) is 54.2 Å². The molecule has 0 radical (unpaired) electrons. The number of allylic oxidation sites excluding steroid dienone is 1. The van der Waals surface area contributed by atoms with Crippen molar-refractivity contribution < 1.29 is 9.21 Å². The lowest BCUT2D eigenvalue weighted by Crippen LogP contribution is -1.93. The Labute approximate surface area is 162 Å². The van der Waals surface area contributed by atoms with E-state index in [-0.39, 0.29) is 5.78 Å². The number of fused-ring (bicyclic) bond motifs is 2. The monoisotopic (exact) mass is 393 g/mol. The molecule has 0 N–H and O–H groups in total. The molecule has 1 aliphatic heterocycles. The highest BCUT2D eigenvalue weighted by atomic mass is 32.2. The Morgan fingerprint density at radius 3 is 2.73 bits per heavy atom. The minimum atomic E-state index is 0.0578. The number of aromatic nitrogens is 1. The fraction of sp³-hybridized carbons (Fsp3) is 0. The quantitative estimate of drug-likeness (QED) is 0.378. The lowest BCUT2D eigenvalue weighted by Gasteiger charge is -1.93. The number of carbonyl (C=O) groups is 1. The summed E-state index contributed by atoms with van der Waals surface area (Å²) < 4.78 is 7.99. The average Bonchev–Trinajstić information content (AvgIpc) is 3.34. The SMILES string of the molecule is O=C1/C(=C/c2ccc(Sc3nc4ccccc4s3)o2)Sc2ccccc21. The fourth-order valence-electron chi connectivity index (χ4n) is 2.71. The van der Waals surface area contributed by atoms with Gasteiger partial charge < -0.3 is 4.42 Å². The van der Waals surface area contributed by atoms with E-state index in [9.17, 15) is 4.79 Å². The third-order valence-electron chi connectivity index (χ3n) is 3.91. The zero-order valence-corrected chi connectivity index (χ0v) is 15.8. The number of hydrogen-bond acceptors (Lipinski definition) is 6. The number of thioether (sulfide) groups is 1. The minimum absolute atomic E-state index is 0.0578. The number of benzene rings is 2. The molecule has 0 unspecified atom stereocenters. The molecule has 0 atom stereocenters. The summed E-state index contributed by atoms with van der Waals surface area (Å²) >= 11 is 4.63. The van der Waals surface area contributed by atoms with Crippen molar-refractivity contribution >= 4 is 56.9 Å². The molecule has 3 heterocycles. The van der Waals surface area contributed by atoms with Crippen molar-refractivity contribution in [1.82, 2.24) is 4.98 Å². The summed E-state index contributed by atoms with van der Waals surface area (Å²) in [4.78, 5) is 18.8. The lowest BCUT2D eigenvalue weighted by atomic mass is 10.1. The van der Waals surface area contributed by atoms with Gasteiger partial charge in [-0.3, -0.25) is 4.79 Å². The average molecular weight is 394 g/mol. The molecule has 126 valence electrons. The summed E-state index contributed by atoms with van der Waals surface area (Å²) in [7, 11) is 0. The maximum Gasteiger partial charge on any atom is 0.200 e. The fourth-order valence-corrected chi connectivity index (χ4v) is 5.71. The van der Waals surface area contributed by atoms with Crippen molar-refractivity contribution in [2.75, 3.05) is 0 Å². The van der Waals surface area contributed by atoms with Gasteiger partial charge in [0.05, 0.1) is 15.1 Å². The van der Waals surface area contributed by atoms with Crippen LogP contribution in [0.25, 0.3) is 16.3 Å². The molecular formula is C20H11NO2S3. The van der Waals surface area contributed by atoms with Crippen molar-refractivity contribution in [2.24, 2.45) is 0 Å². The van der Waals surface area contributed by atoms with Crippen molar-refractivity contribution in [3.63, 3.8) is 0 Å². The summed E-state index contributed by atoms with van der Waals surface area (Å²) in [5.74, 6) is 0.736. The second kappa shape index (κ2) is 6.46. The molecule has 0 saturated heterocycles. The van der Waals surface area contributed by atoms with Crippen LogP contribution in [0.3, 0.4) is 0 Å². The molecule has 2 aromatic carbocycles. The minimum Gasteiger partial charge on any atom is -0.450 e. The molecule has 0 amide bonds. The zero-order valence-electron chi connectivity index (χ0n) is 13.3. The predicted molar refractivity (Wildman–Crippen MR) is 107 cm³/mol. The zero-order chi connectivity index (χ0) is 17.5. The smallest absolute Gasteiger partial charge is 0.200 e. The maximum atomic E-state index is 12.5. The van der Waals surface area contributed by atoms with Gasteiger partial charge in [-0.2, -0.15) is 0 Å². The largest absolute Gasteiger partial charge is 0.450 e. The number of carbonyl (C=O) groups excluding carboxylic acids is 1. The third kappa shape index (κ3) is 2.90. The number of hydrogen-bond donors (Lipinski definition) is 0. The van der Waals surface area contributed by atoms with Gasteiger partial charge >= 0.3 is 0 Å². The van der Waals surface area contributed by atoms with Gasteiger partial charge in [0.1, 0.15) is 5.76 Å². The molecule has 0 fully saturated rings. The van der Waals surface area contributed by atoms with E-state index in [1.54, 1.807) is 11.3 Å². The number of ketones is 1. The highest BCUT2D eigenvalue weighted by molar-refractivity contribution is 8.04. The summed E-state index contributed by atoms with van der Waals surface area (Å²) in [6.45, 7) is 0. The Bertz CT molecular complexity index is 1140. The van der Waals surface area contributed by atoms with Gasteiger partial charge in [-0.25, -0.2) is 4.98 Å². The maximum absolute atomic E-state index is 12.5. The first kappa shape index (κ1) is 15.9. The Morgan fingerprint density at radius 2 is 1.85 bits per heavy atom. The Kier molecular flexibility index (Phi) is 3.96. The summed E-state index contributed by atoms with van der Waals surface area (Å²) in [6.07, 6.45) is 1.81. The molecule has 0 saturated carbocycles. The second-order valence-electron chi connectivity index (χ2n) is 5.64. The van der Waals surface area contributed by atoms with Crippen molar-refractivity contribution in [1.29, 1.82) is 0 Å². The van der Waals surface area contributed by atoms with Gasteiger partial charge in [0.25, 0.3) is 0 Å². The van der Waals surface area contributed by atoms with Gasteiger partial charge in [-0.15, -0.1) is 11.3 Å². The summed E-state index contributed by atoms with van der Waals surface area (Å²) in [6, 6.07) is 19.5. The number of nitrogens with zero attached hydrogens (tertiary/aromatic N) is 1. The molecule has 3 nitrogen and oxygen atoms in total. The molecule has 6 heteroatoms. The normalized spacial score (nSPS) is 15.1. The number of para-hydroxylation sites is 1. The Morgan fingerprint density at radius 1 is 1.00 bits per heavy atom. The molecule has 2 aromatic heterocycles. The van der Waals surface area contributed by atoms with Crippen molar-refractivity contribution in [2.45, 2.75) is 14.3 Å². The van der Waals surface area contributed by atoms with Crippen LogP contribution in [0, 0.1) is 0 Å². The lowest BCUT2D eigenvalue weighted by molar-refractivity contribution is 0.104. The van der Waals surface area contributed by atoms with Gasteiger partial charge in [0, 0.05) is 10.5 Å². The second-order valence-corrected chi connectivity index (χ2v) is 9.01. The van der Waals surface area contributed by atoms with E-state index >= 15 is 0 Å². The van der Waals surface area contributed by atoms with E-state index in [1.165, 1.54) is 23.5 Å². The van der Waals surface area contributed by atoms with Gasteiger partial charge in [-0.1, -0.05) is 36.0 Å². The summed E-state index contributed by atoms with van der Waals surface area (Å²) in [5.41, 5.74) is 1.76. The summed E-state index contributed by atoms with van der Waals surface area (Å²) in [5, 5.41) is 0.767. The van der Waals surface area contributed by atoms with Crippen LogP contribution < -0.4 is 0 Å². The van der Waals surface area contributed by atoms with E-state index in [2.05, 4.69) is 11.1 Å². The molecule has 1 aliphatic rings. The van der Waals surface area contributed by atoms with Gasteiger partial charge in [0.2, 0.25) is 5.78 Å². The molecule has 0 bridgehead atoms. The number of furan rings is 1. The highest BCUT2D eigenvalue weighted by Gasteiger charge is 2.25. The molecule has 0 spiro atoms. The number of rotatable bonds is 3.